The van der Waals surface area contributed by atoms with Gasteiger partial charge in [-0.1, -0.05) is 26.2 Å². The topological polar surface area (TPSA) is 27.6 Å². The SMILES string of the molecule is CC1CCCC(CCNC2=NCCN2C)C1.I. The Bertz CT molecular complexity index is 255. The minimum atomic E-state index is 0. The number of guanidine groups is 1. The summed E-state index contributed by atoms with van der Waals surface area (Å²) >= 11 is 0. The number of rotatable bonds is 3. The number of halogens is 1. The van der Waals surface area contributed by atoms with Gasteiger partial charge in [-0.25, -0.2) is 0 Å². The van der Waals surface area contributed by atoms with Crippen molar-refractivity contribution in [2.45, 2.75) is 39.0 Å². The first-order valence-electron chi connectivity index (χ1n) is 6.75. The zero-order valence-corrected chi connectivity index (χ0v) is 13.4. The highest BCUT2D eigenvalue weighted by Crippen LogP contribution is 2.30. The van der Waals surface area contributed by atoms with Crippen molar-refractivity contribution in [1.82, 2.24) is 10.2 Å². The maximum Gasteiger partial charge on any atom is 0.193 e. The van der Waals surface area contributed by atoms with Gasteiger partial charge in [0.25, 0.3) is 0 Å². The van der Waals surface area contributed by atoms with Crippen molar-refractivity contribution < 1.29 is 0 Å². The van der Waals surface area contributed by atoms with Crippen molar-refractivity contribution in [3.05, 3.63) is 0 Å². The van der Waals surface area contributed by atoms with Gasteiger partial charge in [-0.3, -0.25) is 4.99 Å². The van der Waals surface area contributed by atoms with Crippen LogP contribution in [0.25, 0.3) is 0 Å². The maximum absolute atomic E-state index is 4.45. The zero-order valence-electron chi connectivity index (χ0n) is 11.1. The largest absolute Gasteiger partial charge is 0.356 e. The summed E-state index contributed by atoms with van der Waals surface area (Å²) in [5, 5.41) is 3.47. The minimum Gasteiger partial charge on any atom is -0.356 e. The number of aliphatic imine (C=N–C) groups is 1. The van der Waals surface area contributed by atoms with Crippen LogP contribution in [0.1, 0.15) is 39.0 Å². The highest BCUT2D eigenvalue weighted by molar-refractivity contribution is 14.0. The first-order valence-corrected chi connectivity index (χ1v) is 6.75. The molecule has 2 unspecified atom stereocenters. The van der Waals surface area contributed by atoms with E-state index < -0.39 is 0 Å². The van der Waals surface area contributed by atoms with E-state index in [1.165, 1.54) is 32.1 Å². The van der Waals surface area contributed by atoms with Crippen LogP contribution in [-0.4, -0.2) is 37.5 Å². The Kier molecular flexibility index (Phi) is 6.59. The average molecular weight is 351 g/mol. The molecule has 1 heterocycles. The number of nitrogens with zero attached hydrogens (tertiary/aromatic N) is 2. The Hall–Kier alpha value is 0. The molecule has 0 amide bonds. The van der Waals surface area contributed by atoms with Gasteiger partial charge in [-0.2, -0.15) is 0 Å². The van der Waals surface area contributed by atoms with Crippen molar-refractivity contribution in [3.8, 4) is 0 Å². The van der Waals surface area contributed by atoms with Crippen molar-refractivity contribution in [2.24, 2.45) is 16.8 Å². The summed E-state index contributed by atoms with van der Waals surface area (Å²) in [7, 11) is 2.11. The molecule has 0 saturated heterocycles. The van der Waals surface area contributed by atoms with Crippen LogP contribution in [-0.2, 0) is 0 Å². The molecule has 1 N–H and O–H groups in total. The van der Waals surface area contributed by atoms with Gasteiger partial charge >= 0.3 is 0 Å². The van der Waals surface area contributed by atoms with E-state index in [9.17, 15) is 0 Å². The molecule has 4 heteroatoms. The lowest BCUT2D eigenvalue weighted by Crippen LogP contribution is -2.36. The van der Waals surface area contributed by atoms with Gasteiger partial charge in [-0.05, 0) is 24.7 Å². The number of likely N-dealkylation sites (N-methyl/N-ethyl adjacent to an activating group) is 1. The highest BCUT2D eigenvalue weighted by atomic mass is 127. The van der Waals surface area contributed by atoms with Crippen LogP contribution in [0, 0.1) is 11.8 Å². The third kappa shape index (κ3) is 4.64. The number of hydrogen-bond donors (Lipinski definition) is 1. The van der Waals surface area contributed by atoms with E-state index in [-0.39, 0.29) is 24.0 Å². The monoisotopic (exact) mass is 351 g/mol. The average Bonchev–Trinajstić information content (AvgIpc) is 2.65. The van der Waals surface area contributed by atoms with E-state index in [0.29, 0.717) is 0 Å². The van der Waals surface area contributed by atoms with Crippen molar-refractivity contribution >= 4 is 29.9 Å². The molecule has 3 nitrogen and oxygen atoms in total. The van der Waals surface area contributed by atoms with Crippen LogP contribution in [0.4, 0.5) is 0 Å². The van der Waals surface area contributed by atoms with Crippen LogP contribution in [0.15, 0.2) is 4.99 Å². The van der Waals surface area contributed by atoms with Crippen LogP contribution >= 0.6 is 24.0 Å². The highest BCUT2D eigenvalue weighted by Gasteiger charge is 2.19. The molecule has 1 aliphatic heterocycles. The Balaban J connectivity index is 0.00000144. The number of nitrogens with one attached hydrogen (secondary N) is 1. The molecule has 0 spiro atoms. The molecule has 2 atom stereocenters. The van der Waals surface area contributed by atoms with Gasteiger partial charge in [0.1, 0.15) is 0 Å². The van der Waals surface area contributed by atoms with E-state index in [1.807, 2.05) is 0 Å². The summed E-state index contributed by atoms with van der Waals surface area (Å²) in [5.74, 6) is 3.00. The summed E-state index contributed by atoms with van der Waals surface area (Å²) in [6, 6.07) is 0. The van der Waals surface area contributed by atoms with Crippen molar-refractivity contribution in [3.63, 3.8) is 0 Å². The van der Waals surface area contributed by atoms with Crippen LogP contribution < -0.4 is 5.32 Å². The molecule has 17 heavy (non-hydrogen) atoms. The van der Waals surface area contributed by atoms with Crippen molar-refractivity contribution in [2.75, 3.05) is 26.7 Å². The van der Waals surface area contributed by atoms with E-state index in [4.69, 9.17) is 0 Å². The third-order valence-corrected chi connectivity index (χ3v) is 3.94. The first-order chi connectivity index (χ1) is 7.75. The Labute approximate surface area is 122 Å². The normalized spacial score (nSPS) is 28.6. The quantitative estimate of drug-likeness (QED) is 0.792. The summed E-state index contributed by atoms with van der Waals surface area (Å²) in [5.41, 5.74) is 0. The fourth-order valence-electron chi connectivity index (χ4n) is 2.93. The van der Waals surface area contributed by atoms with Gasteiger partial charge in [0.15, 0.2) is 5.96 Å². The standard InChI is InChI=1S/C13H25N3.HI/c1-11-4-3-5-12(10-11)6-7-14-13-15-8-9-16(13)2;/h11-12H,3-10H2,1-2H3,(H,14,15);1H. The molecule has 2 aliphatic rings. The second-order valence-electron chi connectivity index (χ2n) is 5.48. The molecule has 0 aromatic heterocycles. The molecule has 100 valence electrons. The van der Waals surface area contributed by atoms with Gasteiger partial charge in [-0.15, -0.1) is 24.0 Å². The predicted molar refractivity (Wildman–Crippen MR) is 84.1 cm³/mol. The molecule has 0 aromatic rings. The van der Waals surface area contributed by atoms with Gasteiger partial charge in [0.05, 0.1) is 6.54 Å². The lowest BCUT2D eigenvalue weighted by molar-refractivity contribution is 0.270. The molecule has 1 saturated carbocycles. The zero-order chi connectivity index (χ0) is 11.4. The van der Waals surface area contributed by atoms with Gasteiger partial charge < -0.3 is 10.2 Å². The van der Waals surface area contributed by atoms with Crippen LogP contribution in [0.5, 0.6) is 0 Å². The van der Waals surface area contributed by atoms with E-state index in [1.54, 1.807) is 0 Å². The van der Waals surface area contributed by atoms with E-state index in [2.05, 4.69) is 29.2 Å². The summed E-state index contributed by atoms with van der Waals surface area (Å²) < 4.78 is 0. The number of hydrogen-bond acceptors (Lipinski definition) is 3. The van der Waals surface area contributed by atoms with Gasteiger partial charge in [0, 0.05) is 20.1 Å². The fourth-order valence-corrected chi connectivity index (χ4v) is 2.93. The Morgan fingerprint density at radius 2 is 2.24 bits per heavy atom. The Morgan fingerprint density at radius 3 is 2.88 bits per heavy atom. The third-order valence-electron chi connectivity index (χ3n) is 3.94. The second-order valence-corrected chi connectivity index (χ2v) is 5.48. The van der Waals surface area contributed by atoms with E-state index >= 15 is 0 Å². The minimum absolute atomic E-state index is 0. The fraction of sp³-hybridized carbons (Fsp3) is 0.923. The molecule has 2 rings (SSSR count). The molecule has 1 fully saturated rings. The summed E-state index contributed by atoms with van der Waals surface area (Å²) in [6.07, 6.45) is 7.07. The molecule has 0 bridgehead atoms. The summed E-state index contributed by atoms with van der Waals surface area (Å²) in [6.45, 7) is 5.52. The van der Waals surface area contributed by atoms with Crippen LogP contribution in [0.2, 0.25) is 0 Å². The molecule has 0 radical (unpaired) electrons. The van der Waals surface area contributed by atoms with Gasteiger partial charge in [0.2, 0.25) is 0 Å². The first kappa shape index (κ1) is 15.1. The lowest BCUT2D eigenvalue weighted by atomic mass is 9.81. The smallest absolute Gasteiger partial charge is 0.193 e. The summed E-state index contributed by atoms with van der Waals surface area (Å²) in [4.78, 5) is 6.66. The molecular weight excluding hydrogens is 325 g/mol. The molecule has 0 aromatic carbocycles. The molecule has 1 aliphatic carbocycles. The Morgan fingerprint density at radius 1 is 1.41 bits per heavy atom. The van der Waals surface area contributed by atoms with E-state index in [0.717, 1.165) is 37.4 Å². The van der Waals surface area contributed by atoms with Crippen LogP contribution in [0.3, 0.4) is 0 Å². The molecular formula is C13H26IN3. The maximum atomic E-state index is 4.45. The second kappa shape index (κ2) is 7.44. The lowest BCUT2D eigenvalue weighted by Gasteiger charge is -2.27. The predicted octanol–water partition coefficient (Wildman–Crippen LogP) is 2.71. The van der Waals surface area contributed by atoms with Crippen molar-refractivity contribution in [1.29, 1.82) is 0 Å².